The number of nitrogens with one attached hydrogen (secondary N) is 1. The minimum absolute atomic E-state index is 0.137. The van der Waals surface area contributed by atoms with E-state index >= 15 is 0 Å². The number of benzene rings is 2. The fourth-order valence-electron chi connectivity index (χ4n) is 2.31. The van der Waals surface area contributed by atoms with Crippen molar-refractivity contribution >= 4 is 27.5 Å². The van der Waals surface area contributed by atoms with E-state index in [1.165, 1.54) is 24.3 Å². The van der Waals surface area contributed by atoms with Crippen LogP contribution in [-0.2, 0) is 16.6 Å². The quantitative estimate of drug-likeness (QED) is 0.836. The number of amides is 1. The second kappa shape index (κ2) is 7.99. The van der Waals surface area contributed by atoms with Crippen molar-refractivity contribution in [3.8, 4) is 0 Å². The molecular weight excluding hydrogens is 360 g/mol. The number of carbonyl (C=O) groups excluding carboxylic acids is 1. The van der Waals surface area contributed by atoms with Crippen molar-refractivity contribution in [1.82, 2.24) is 9.62 Å². The highest BCUT2D eigenvalue weighted by Gasteiger charge is 2.17. The van der Waals surface area contributed by atoms with Crippen molar-refractivity contribution in [2.45, 2.75) is 31.3 Å². The van der Waals surface area contributed by atoms with Gasteiger partial charge in [0.1, 0.15) is 0 Å². The molecule has 0 aliphatic heterocycles. The topological polar surface area (TPSA) is 66.5 Å². The molecule has 25 heavy (non-hydrogen) atoms. The van der Waals surface area contributed by atoms with Crippen LogP contribution in [0.1, 0.15) is 29.8 Å². The molecule has 0 bridgehead atoms. The van der Waals surface area contributed by atoms with E-state index in [0.29, 0.717) is 17.1 Å². The maximum atomic E-state index is 12.5. The molecule has 0 aliphatic rings. The average Bonchev–Trinajstić information content (AvgIpc) is 2.55. The first-order valence-electron chi connectivity index (χ1n) is 7.81. The molecule has 2 aromatic carbocycles. The van der Waals surface area contributed by atoms with Gasteiger partial charge in [-0.1, -0.05) is 23.7 Å². The van der Waals surface area contributed by atoms with Gasteiger partial charge in [-0.05, 0) is 55.8 Å². The third kappa shape index (κ3) is 5.29. The van der Waals surface area contributed by atoms with Gasteiger partial charge in [-0.25, -0.2) is 13.1 Å². The summed E-state index contributed by atoms with van der Waals surface area (Å²) in [7, 11) is -1.87. The Bertz CT molecular complexity index is 832. The number of sulfonamides is 1. The molecule has 7 heteroatoms. The Morgan fingerprint density at radius 3 is 2.16 bits per heavy atom. The summed E-state index contributed by atoms with van der Waals surface area (Å²) in [6, 6.07) is 13.0. The van der Waals surface area contributed by atoms with Gasteiger partial charge in [-0.2, -0.15) is 0 Å². The van der Waals surface area contributed by atoms with Gasteiger partial charge in [0.15, 0.2) is 0 Å². The summed E-state index contributed by atoms with van der Waals surface area (Å²) in [4.78, 5) is 14.2. The van der Waals surface area contributed by atoms with Gasteiger partial charge in [-0.3, -0.25) is 4.79 Å². The smallest absolute Gasteiger partial charge is 0.253 e. The Morgan fingerprint density at radius 2 is 1.64 bits per heavy atom. The Labute approximate surface area is 153 Å². The van der Waals surface area contributed by atoms with Crippen LogP contribution < -0.4 is 4.72 Å². The second-order valence-electron chi connectivity index (χ2n) is 6.09. The third-order valence-electron chi connectivity index (χ3n) is 3.48. The lowest BCUT2D eigenvalue weighted by Gasteiger charge is -2.18. The zero-order valence-electron chi connectivity index (χ0n) is 14.4. The molecule has 0 atom stereocenters. The summed E-state index contributed by atoms with van der Waals surface area (Å²) in [5.74, 6) is -0.185. The second-order valence-corrected chi connectivity index (χ2v) is 8.24. The number of carbonyl (C=O) groups is 1. The highest BCUT2D eigenvalue weighted by Crippen LogP contribution is 2.15. The largest absolute Gasteiger partial charge is 0.337 e. The van der Waals surface area contributed by atoms with Crippen LogP contribution in [0.4, 0.5) is 0 Å². The van der Waals surface area contributed by atoms with E-state index < -0.39 is 10.0 Å². The minimum Gasteiger partial charge on any atom is -0.337 e. The summed E-state index contributed by atoms with van der Waals surface area (Å²) in [5, 5.41) is 0.643. The molecule has 1 N–H and O–H groups in total. The van der Waals surface area contributed by atoms with Crippen molar-refractivity contribution in [1.29, 1.82) is 0 Å². The average molecular weight is 381 g/mol. The molecule has 0 fully saturated rings. The predicted molar refractivity (Wildman–Crippen MR) is 99.1 cm³/mol. The molecule has 0 saturated heterocycles. The van der Waals surface area contributed by atoms with Gasteiger partial charge < -0.3 is 4.90 Å². The van der Waals surface area contributed by atoms with E-state index in [2.05, 4.69) is 4.72 Å². The summed E-state index contributed by atoms with van der Waals surface area (Å²) in [6.45, 7) is 3.94. The lowest BCUT2D eigenvalue weighted by molar-refractivity contribution is 0.0785. The predicted octanol–water partition coefficient (Wildman–Crippen LogP) is 3.30. The van der Waals surface area contributed by atoms with Crippen molar-refractivity contribution in [3.05, 3.63) is 64.7 Å². The summed E-state index contributed by atoms with van der Waals surface area (Å²) < 4.78 is 26.7. The monoisotopic (exact) mass is 380 g/mol. The molecule has 0 unspecified atom stereocenters. The molecule has 134 valence electrons. The van der Waals surface area contributed by atoms with E-state index in [-0.39, 0.29) is 16.8 Å². The molecule has 5 nitrogen and oxygen atoms in total. The van der Waals surface area contributed by atoms with Crippen LogP contribution in [-0.4, -0.2) is 32.3 Å². The standard InChI is InChI=1S/C18H21ClN2O3S/c1-13(2)20-25(23,24)17-10-6-15(7-11-17)18(22)21(3)12-14-4-8-16(19)9-5-14/h4-11,13,20H,12H2,1-3H3. The van der Waals surface area contributed by atoms with Gasteiger partial charge >= 0.3 is 0 Å². The van der Waals surface area contributed by atoms with Crippen molar-refractivity contribution in [2.24, 2.45) is 0 Å². The highest BCUT2D eigenvalue weighted by molar-refractivity contribution is 7.89. The zero-order valence-corrected chi connectivity index (χ0v) is 15.9. The summed E-state index contributed by atoms with van der Waals surface area (Å²) >= 11 is 5.85. The zero-order chi connectivity index (χ0) is 18.6. The van der Waals surface area contributed by atoms with Gasteiger partial charge in [0.05, 0.1) is 4.90 Å². The maximum absolute atomic E-state index is 12.5. The van der Waals surface area contributed by atoms with Crippen LogP contribution in [0.5, 0.6) is 0 Å². The molecule has 0 radical (unpaired) electrons. The molecule has 0 aromatic heterocycles. The van der Waals surface area contributed by atoms with Gasteiger partial charge in [0.2, 0.25) is 10.0 Å². The van der Waals surface area contributed by atoms with Gasteiger partial charge in [0.25, 0.3) is 5.91 Å². The molecule has 0 spiro atoms. The van der Waals surface area contributed by atoms with E-state index in [1.54, 1.807) is 37.9 Å². The Balaban J connectivity index is 2.10. The Morgan fingerprint density at radius 1 is 1.08 bits per heavy atom. The van der Waals surface area contributed by atoms with Crippen molar-refractivity contribution < 1.29 is 13.2 Å². The normalized spacial score (nSPS) is 11.6. The van der Waals surface area contributed by atoms with Gasteiger partial charge in [-0.15, -0.1) is 0 Å². The number of hydrogen-bond acceptors (Lipinski definition) is 3. The lowest BCUT2D eigenvalue weighted by atomic mass is 10.1. The molecule has 0 aliphatic carbocycles. The van der Waals surface area contributed by atoms with Crippen LogP contribution in [0.3, 0.4) is 0 Å². The van der Waals surface area contributed by atoms with Crippen LogP contribution >= 0.6 is 11.6 Å². The molecule has 1 amide bonds. The summed E-state index contributed by atoms with van der Waals surface area (Å²) in [6.07, 6.45) is 0. The first-order valence-corrected chi connectivity index (χ1v) is 9.67. The number of hydrogen-bond donors (Lipinski definition) is 1. The van der Waals surface area contributed by atoms with Crippen LogP contribution in [0.2, 0.25) is 5.02 Å². The fourth-order valence-corrected chi connectivity index (χ4v) is 3.69. The lowest BCUT2D eigenvalue weighted by Crippen LogP contribution is -2.30. The van der Waals surface area contributed by atoms with Crippen molar-refractivity contribution in [2.75, 3.05) is 7.05 Å². The fraction of sp³-hybridized carbons (Fsp3) is 0.278. The molecular formula is C18H21ClN2O3S. The van der Waals surface area contributed by atoms with E-state index in [0.717, 1.165) is 5.56 Å². The van der Waals surface area contributed by atoms with E-state index in [1.807, 2.05) is 12.1 Å². The molecule has 0 heterocycles. The SMILES string of the molecule is CC(C)NS(=O)(=O)c1ccc(C(=O)N(C)Cc2ccc(Cl)cc2)cc1. The third-order valence-corrected chi connectivity index (χ3v) is 5.41. The Hall–Kier alpha value is -1.89. The maximum Gasteiger partial charge on any atom is 0.253 e. The number of rotatable bonds is 6. The first-order chi connectivity index (χ1) is 11.7. The van der Waals surface area contributed by atoms with E-state index in [4.69, 9.17) is 11.6 Å². The minimum atomic E-state index is -3.56. The van der Waals surface area contributed by atoms with Crippen LogP contribution in [0, 0.1) is 0 Å². The molecule has 2 aromatic rings. The van der Waals surface area contributed by atoms with Gasteiger partial charge in [0, 0.05) is 30.2 Å². The summed E-state index contributed by atoms with van der Waals surface area (Å²) in [5.41, 5.74) is 1.39. The first kappa shape index (κ1) is 19.4. The van der Waals surface area contributed by atoms with Crippen LogP contribution in [0.25, 0.3) is 0 Å². The number of nitrogens with zero attached hydrogens (tertiary/aromatic N) is 1. The van der Waals surface area contributed by atoms with E-state index in [9.17, 15) is 13.2 Å². The highest BCUT2D eigenvalue weighted by atomic mass is 35.5. The molecule has 2 rings (SSSR count). The Kier molecular flexibility index (Phi) is 6.21. The molecule has 0 saturated carbocycles. The van der Waals surface area contributed by atoms with Crippen molar-refractivity contribution in [3.63, 3.8) is 0 Å². The van der Waals surface area contributed by atoms with Crippen LogP contribution in [0.15, 0.2) is 53.4 Å². The number of halogens is 1.